The molecule has 0 unspecified atom stereocenters. The van der Waals surface area contributed by atoms with Gasteiger partial charge in [-0.3, -0.25) is 4.79 Å². The maximum Gasteiger partial charge on any atom is 0.335 e. The van der Waals surface area contributed by atoms with Crippen LogP contribution in [-0.2, 0) is 4.79 Å². The summed E-state index contributed by atoms with van der Waals surface area (Å²) in [5.74, 6) is 2.16. The quantitative estimate of drug-likeness (QED) is 0.236. The first-order valence-electron chi connectivity index (χ1n) is 20.1. The van der Waals surface area contributed by atoms with Crippen molar-refractivity contribution >= 4 is 23.5 Å². The van der Waals surface area contributed by atoms with Gasteiger partial charge in [-0.1, -0.05) is 65.0 Å². The van der Waals surface area contributed by atoms with Crippen LogP contribution >= 0.6 is 0 Å². The van der Waals surface area contributed by atoms with Gasteiger partial charge in [0.05, 0.1) is 5.56 Å². The molecule has 0 aromatic heterocycles. The van der Waals surface area contributed by atoms with E-state index in [0.717, 1.165) is 44.3 Å². The van der Waals surface area contributed by atoms with Crippen molar-refractivity contribution in [2.24, 2.45) is 56.7 Å². The van der Waals surface area contributed by atoms with Crippen LogP contribution in [0.25, 0.3) is 5.57 Å². The second-order valence-electron chi connectivity index (χ2n) is 19.1. The van der Waals surface area contributed by atoms with Crippen LogP contribution in [0.5, 0.6) is 0 Å². The summed E-state index contributed by atoms with van der Waals surface area (Å²) in [5.41, 5.74) is 4.95. The molecule has 1 aliphatic heterocycles. The molecule has 7 nitrogen and oxygen atoms in total. The predicted molar refractivity (Wildman–Crippen MR) is 203 cm³/mol. The summed E-state index contributed by atoms with van der Waals surface area (Å²) in [6.07, 6.45) is 14.8. The highest BCUT2D eigenvalue weighted by Gasteiger charge is 2.70. The summed E-state index contributed by atoms with van der Waals surface area (Å²) in [6.45, 7) is 22.3. The Labute approximate surface area is 306 Å². The number of carboxylic acids is 1. The summed E-state index contributed by atoms with van der Waals surface area (Å²) < 4.78 is 0. The van der Waals surface area contributed by atoms with Gasteiger partial charge in [0.1, 0.15) is 0 Å². The molecule has 1 aromatic carbocycles. The van der Waals surface area contributed by atoms with Gasteiger partial charge in [0.15, 0.2) is 0 Å². The lowest BCUT2D eigenvalue weighted by atomic mass is 9.32. The molecule has 1 aromatic rings. The van der Waals surface area contributed by atoms with E-state index in [1.54, 1.807) is 12.1 Å². The molecular weight excluding hydrogens is 635 g/mol. The number of carbonyl (C=O) groups excluding carboxylic acids is 2. The largest absolute Gasteiger partial charge is 0.478 e. The van der Waals surface area contributed by atoms with Crippen molar-refractivity contribution in [2.75, 3.05) is 26.2 Å². The number of carbonyl (C=O) groups is 3. The topological polar surface area (TPSA) is 98.7 Å². The first-order chi connectivity index (χ1) is 24.1. The van der Waals surface area contributed by atoms with Crippen molar-refractivity contribution in [3.63, 3.8) is 0 Å². The van der Waals surface area contributed by atoms with Gasteiger partial charge in [0, 0.05) is 32.6 Å². The number of amides is 3. The molecule has 4 saturated carbocycles. The number of aromatic carboxylic acids is 1. The van der Waals surface area contributed by atoms with E-state index >= 15 is 0 Å². The minimum atomic E-state index is -0.876. The van der Waals surface area contributed by atoms with Gasteiger partial charge in [-0.15, -0.1) is 0 Å². The predicted octanol–water partition coefficient (Wildman–Crippen LogP) is 8.96. The number of fused-ring (bicyclic) bond motifs is 7. The fraction of sp³-hybridized carbons (Fsp3) is 0.705. The van der Waals surface area contributed by atoms with Crippen molar-refractivity contribution in [2.45, 2.75) is 112 Å². The normalized spacial score (nSPS) is 39.6. The zero-order chi connectivity index (χ0) is 36.6. The first-order valence-corrected chi connectivity index (χ1v) is 20.1. The van der Waals surface area contributed by atoms with E-state index in [2.05, 4.69) is 64.8 Å². The minimum absolute atomic E-state index is 0.00864. The third-order valence-corrected chi connectivity index (χ3v) is 16.7. The Bertz CT molecular complexity index is 1610. The van der Waals surface area contributed by atoms with Crippen molar-refractivity contribution < 1.29 is 19.5 Å². The number of nitrogens with zero attached hydrogens (tertiary/aromatic N) is 1. The molecule has 7 rings (SSSR count). The Balaban J connectivity index is 1.11. The van der Waals surface area contributed by atoms with Crippen LogP contribution in [0.1, 0.15) is 128 Å². The number of likely N-dealkylation sites (tertiary alicyclic amines) is 1. The molecule has 6 aliphatic rings. The molecule has 5 aliphatic carbocycles. The summed E-state index contributed by atoms with van der Waals surface area (Å²) >= 11 is 0. The van der Waals surface area contributed by atoms with Crippen LogP contribution in [0.15, 0.2) is 42.5 Å². The molecule has 0 radical (unpaired) electrons. The number of benzene rings is 1. The Morgan fingerprint density at radius 3 is 2.33 bits per heavy atom. The summed E-state index contributed by atoms with van der Waals surface area (Å²) in [7, 11) is 0. The van der Waals surface area contributed by atoms with Gasteiger partial charge in [-0.2, -0.15) is 0 Å². The summed E-state index contributed by atoms with van der Waals surface area (Å²) in [6, 6.07) is 7.44. The Morgan fingerprint density at radius 1 is 0.922 bits per heavy atom. The van der Waals surface area contributed by atoms with Gasteiger partial charge in [-0.25, -0.2) is 9.59 Å². The molecule has 9 atom stereocenters. The number of rotatable bonds is 8. The van der Waals surface area contributed by atoms with Crippen molar-refractivity contribution in [3.05, 3.63) is 53.6 Å². The molecule has 3 amide bonds. The molecule has 1 saturated heterocycles. The van der Waals surface area contributed by atoms with Crippen LogP contribution in [0.4, 0.5) is 4.79 Å². The average Bonchev–Trinajstić information content (AvgIpc) is 3.67. The summed E-state index contributed by atoms with van der Waals surface area (Å²) in [4.78, 5) is 38.6. The second-order valence-corrected chi connectivity index (χ2v) is 19.1. The molecule has 3 N–H and O–H groups in total. The maximum atomic E-state index is 13.1. The zero-order valence-corrected chi connectivity index (χ0v) is 32.2. The lowest BCUT2D eigenvalue weighted by molar-refractivity contribution is -0.224. The molecule has 5 fully saturated rings. The molecule has 0 spiro atoms. The second kappa shape index (κ2) is 12.8. The lowest BCUT2D eigenvalue weighted by Crippen LogP contribution is -2.66. The third kappa shape index (κ3) is 5.61. The molecular formula is C44H63N3O4. The highest BCUT2D eigenvalue weighted by molar-refractivity contribution is 5.88. The SMILES string of the molecule is C=C(C)[C@@H]1CC[C@]2(CNC(=O)NCCN3CCCC3=O)CC[C@]3(C)[C@H](CC[C@@H]4[C@@]5(C)CC=C(c6ccc(C(=O)O)cc6)C(C)(C)[C@@H]5CC[C@]43C)[C@@H]12. The Morgan fingerprint density at radius 2 is 1.67 bits per heavy atom. The molecule has 278 valence electrons. The average molecular weight is 698 g/mol. The van der Waals surface area contributed by atoms with Gasteiger partial charge in [-0.05, 0) is 151 Å². The number of allylic oxidation sites excluding steroid dienone is 3. The van der Waals surface area contributed by atoms with Crippen LogP contribution in [0.3, 0.4) is 0 Å². The Kier molecular flexibility index (Phi) is 9.10. The number of nitrogens with one attached hydrogen (secondary N) is 2. The van der Waals surface area contributed by atoms with Crippen LogP contribution in [0.2, 0.25) is 0 Å². The monoisotopic (exact) mass is 697 g/mol. The van der Waals surface area contributed by atoms with Gasteiger partial charge < -0.3 is 20.6 Å². The Hall–Kier alpha value is -3.09. The molecule has 7 heteroatoms. The fourth-order valence-electron chi connectivity index (χ4n) is 14.0. The first kappa shape index (κ1) is 36.3. The van der Waals surface area contributed by atoms with E-state index in [9.17, 15) is 19.5 Å². The highest BCUT2D eigenvalue weighted by atomic mass is 16.4. The van der Waals surface area contributed by atoms with Crippen LogP contribution < -0.4 is 10.6 Å². The van der Waals surface area contributed by atoms with E-state index in [-0.39, 0.29) is 39.0 Å². The van der Waals surface area contributed by atoms with Gasteiger partial charge in [0.25, 0.3) is 0 Å². The van der Waals surface area contributed by atoms with Crippen LogP contribution in [-0.4, -0.2) is 54.1 Å². The van der Waals surface area contributed by atoms with E-state index in [1.807, 2.05) is 17.0 Å². The maximum absolute atomic E-state index is 13.1. The third-order valence-electron chi connectivity index (χ3n) is 16.7. The van der Waals surface area contributed by atoms with E-state index in [4.69, 9.17) is 0 Å². The van der Waals surface area contributed by atoms with Crippen molar-refractivity contribution in [1.29, 1.82) is 0 Å². The molecule has 1 heterocycles. The number of urea groups is 1. The minimum Gasteiger partial charge on any atom is -0.478 e. The van der Waals surface area contributed by atoms with Gasteiger partial charge >= 0.3 is 12.0 Å². The number of hydrogen-bond donors (Lipinski definition) is 3. The molecule has 51 heavy (non-hydrogen) atoms. The van der Waals surface area contributed by atoms with E-state index in [0.29, 0.717) is 54.7 Å². The van der Waals surface area contributed by atoms with Crippen molar-refractivity contribution in [3.8, 4) is 0 Å². The zero-order valence-electron chi connectivity index (χ0n) is 32.2. The van der Waals surface area contributed by atoms with Gasteiger partial charge in [0.2, 0.25) is 5.91 Å². The smallest absolute Gasteiger partial charge is 0.335 e. The van der Waals surface area contributed by atoms with Crippen LogP contribution in [0, 0.1) is 56.7 Å². The number of carboxylic acid groups (broad SMARTS) is 1. The van der Waals surface area contributed by atoms with Crippen molar-refractivity contribution in [1.82, 2.24) is 15.5 Å². The van der Waals surface area contributed by atoms with E-state index in [1.165, 1.54) is 49.7 Å². The lowest BCUT2D eigenvalue weighted by Gasteiger charge is -2.72. The number of hydrogen-bond acceptors (Lipinski definition) is 3. The summed E-state index contributed by atoms with van der Waals surface area (Å²) in [5, 5.41) is 15.9. The highest BCUT2D eigenvalue weighted by Crippen LogP contribution is 2.77. The van der Waals surface area contributed by atoms with E-state index < -0.39 is 5.97 Å². The fourth-order valence-corrected chi connectivity index (χ4v) is 14.0. The molecule has 0 bridgehead atoms. The standard InChI is InChI=1S/C44H63N3O4/c1-28(2)31-16-21-44(27-46-39(51)45-24-26-47-25-8-9-36(47)48)23-22-42(6)33(37(31)44)14-15-35-41(5)19-17-32(29-10-12-30(13-11-29)38(49)50)40(3,4)34(41)18-20-43(35,42)7/h10-13,17,31,33-35,37H,1,8-9,14-16,18-27H2,2-7H3,(H,49,50)(H2,45,46,51)/t31-,33+,34-,35+,37+,41-,42+,43+,44+/m0/s1.